The van der Waals surface area contributed by atoms with E-state index in [4.69, 9.17) is 16.3 Å². The topological polar surface area (TPSA) is 49.9 Å². The van der Waals surface area contributed by atoms with E-state index in [1.165, 1.54) is 9.71 Å². The first-order valence-corrected chi connectivity index (χ1v) is 10.2. The van der Waals surface area contributed by atoms with Gasteiger partial charge in [-0.25, -0.2) is 8.42 Å². The third-order valence-corrected chi connectivity index (χ3v) is 6.14. The van der Waals surface area contributed by atoms with E-state index in [2.05, 4.69) is 4.90 Å². The molecule has 0 aromatic heterocycles. The predicted molar refractivity (Wildman–Crippen MR) is 106 cm³/mol. The summed E-state index contributed by atoms with van der Waals surface area (Å²) in [6.45, 7) is 2.11. The fourth-order valence-corrected chi connectivity index (χ4v) is 4.20. The lowest BCUT2D eigenvalue weighted by Gasteiger charge is -2.35. The van der Waals surface area contributed by atoms with Crippen LogP contribution >= 0.6 is 11.6 Å². The Labute approximate surface area is 159 Å². The third kappa shape index (κ3) is 4.38. The van der Waals surface area contributed by atoms with Crippen LogP contribution in [0.1, 0.15) is 5.56 Å². The molecule has 1 fully saturated rings. The molecule has 0 bridgehead atoms. The van der Waals surface area contributed by atoms with Gasteiger partial charge in [0.2, 0.25) is 10.0 Å². The van der Waals surface area contributed by atoms with Crippen LogP contribution in [-0.4, -0.2) is 46.0 Å². The van der Waals surface area contributed by atoms with Crippen molar-refractivity contribution < 1.29 is 13.2 Å². The van der Waals surface area contributed by atoms with Gasteiger partial charge in [0, 0.05) is 36.6 Å². The molecule has 0 aliphatic carbocycles. The number of anilines is 1. The number of benzene rings is 2. The van der Waals surface area contributed by atoms with E-state index in [1.807, 2.05) is 24.3 Å². The number of rotatable bonds is 5. The van der Waals surface area contributed by atoms with Crippen LogP contribution in [0.15, 0.2) is 53.9 Å². The van der Waals surface area contributed by atoms with Gasteiger partial charge >= 0.3 is 0 Å². The van der Waals surface area contributed by atoms with Crippen molar-refractivity contribution in [3.8, 4) is 5.75 Å². The summed E-state index contributed by atoms with van der Waals surface area (Å²) < 4.78 is 32.0. The standard InChI is InChI=1S/C19H21ClN2O3S/c1-25-19-5-3-2-4-18(19)21-11-13-22(14-12-21)26(23,24)15-10-16-6-8-17(20)9-7-16/h2-10,15H,11-14H2,1H3/b15-10+. The summed E-state index contributed by atoms with van der Waals surface area (Å²) in [5.74, 6) is 0.798. The Bertz CT molecular complexity index is 874. The van der Waals surface area contributed by atoms with Crippen molar-refractivity contribution in [2.24, 2.45) is 0 Å². The highest BCUT2D eigenvalue weighted by Crippen LogP contribution is 2.28. The molecule has 0 atom stereocenters. The van der Waals surface area contributed by atoms with Gasteiger partial charge in [-0.2, -0.15) is 4.31 Å². The fourth-order valence-electron chi connectivity index (χ4n) is 2.90. The number of nitrogens with zero attached hydrogens (tertiary/aromatic N) is 2. The summed E-state index contributed by atoms with van der Waals surface area (Å²) in [4.78, 5) is 2.15. The maximum Gasteiger partial charge on any atom is 0.236 e. The maximum atomic E-state index is 12.6. The summed E-state index contributed by atoms with van der Waals surface area (Å²) in [6.07, 6.45) is 1.60. The molecule has 2 aromatic carbocycles. The van der Waals surface area contributed by atoms with Crippen molar-refractivity contribution in [2.75, 3.05) is 38.2 Å². The Kier molecular flexibility index (Phi) is 5.86. The zero-order valence-electron chi connectivity index (χ0n) is 14.5. The van der Waals surface area contributed by atoms with Gasteiger partial charge in [0.1, 0.15) is 5.75 Å². The molecule has 1 aliphatic heterocycles. The van der Waals surface area contributed by atoms with Crippen molar-refractivity contribution in [1.82, 2.24) is 4.31 Å². The fraction of sp³-hybridized carbons (Fsp3) is 0.263. The Morgan fingerprint density at radius 3 is 2.31 bits per heavy atom. The van der Waals surface area contributed by atoms with E-state index >= 15 is 0 Å². The van der Waals surface area contributed by atoms with Crippen LogP contribution in [0.5, 0.6) is 5.75 Å². The predicted octanol–water partition coefficient (Wildman–Crippen LogP) is 3.47. The molecule has 3 rings (SSSR count). The first-order valence-electron chi connectivity index (χ1n) is 8.31. The molecule has 0 radical (unpaired) electrons. The molecule has 138 valence electrons. The number of para-hydroxylation sites is 2. The van der Waals surface area contributed by atoms with E-state index in [0.717, 1.165) is 17.0 Å². The second-order valence-corrected chi connectivity index (χ2v) is 8.21. The Hall–Kier alpha value is -2.02. The van der Waals surface area contributed by atoms with Gasteiger partial charge in [-0.15, -0.1) is 0 Å². The normalized spacial score (nSPS) is 16.2. The minimum absolute atomic E-state index is 0.436. The van der Waals surface area contributed by atoms with Gasteiger partial charge in [0.05, 0.1) is 12.8 Å². The van der Waals surface area contributed by atoms with E-state index in [0.29, 0.717) is 31.2 Å². The van der Waals surface area contributed by atoms with Crippen LogP contribution in [0.3, 0.4) is 0 Å². The average Bonchev–Trinajstić information content (AvgIpc) is 2.67. The first-order chi connectivity index (χ1) is 12.5. The van der Waals surface area contributed by atoms with Crippen LogP contribution in [0.25, 0.3) is 6.08 Å². The van der Waals surface area contributed by atoms with E-state index in [9.17, 15) is 8.42 Å². The summed E-state index contributed by atoms with van der Waals surface area (Å²) >= 11 is 5.85. The van der Waals surface area contributed by atoms with Crippen molar-refractivity contribution in [2.45, 2.75) is 0 Å². The van der Waals surface area contributed by atoms with Crippen LogP contribution in [-0.2, 0) is 10.0 Å². The van der Waals surface area contributed by atoms with Gasteiger partial charge in [0.15, 0.2) is 0 Å². The van der Waals surface area contributed by atoms with Gasteiger partial charge in [-0.1, -0.05) is 35.9 Å². The lowest BCUT2D eigenvalue weighted by molar-refractivity contribution is 0.382. The molecular formula is C19H21ClN2O3S. The number of ether oxygens (including phenoxy) is 1. The average molecular weight is 393 g/mol. The molecule has 0 saturated carbocycles. The third-order valence-electron chi connectivity index (χ3n) is 4.33. The molecule has 5 nitrogen and oxygen atoms in total. The Balaban J connectivity index is 1.66. The number of hydrogen-bond donors (Lipinski definition) is 0. The monoisotopic (exact) mass is 392 g/mol. The minimum atomic E-state index is -3.45. The molecule has 0 N–H and O–H groups in total. The summed E-state index contributed by atoms with van der Waals surface area (Å²) in [7, 11) is -1.81. The molecule has 26 heavy (non-hydrogen) atoms. The number of hydrogen-bond acceptors (Lipinski definition) is 4. The quantitative estimate of drug-likeness (QED) is 0.781. The Morgan fingerprint density at radius 2 is 1.65 bits per heavy atom. The second kappa shape index (κ2) is 8.12. The van der Waals surface area contributed by atoms with Crippen molar-refractivity contribution in [3.05, 3.63) is 64.5 Å². The summed E-state index contributed by atoms with van der Waals surface area (Å²) in [6, 6.07) is 14.8. The minimum Gasteiger partial charge on any atom is -0.495 e. The maximum absolute atomic E-state index is 12.6. The molecule has 1 aliphatic rings. The molecular weight excluding hydrogens is 372 g/mol. The summed E-state index contributed by atoms with van der Waals surface area (Å²) in [5, 5.41) is 1.88. The lowest BCUT2D eigenvalue weighted by atomic mass is 10.2. The van der Waals surface area contributed by atoms with Crippen LogP contribution in [0, 0.1) is 0 Å². The molecule has 1 saturated heterocycles. The largest absolute Gasteiger partial charge is 0.495 e. The number of methoxy groups -OCH3 is 1. The second-order valence-electron chi connectivity index (χ2n) is 5.96. The van der Waals surface area contributed by atoms with E-state index in [-0.39, 0.29) is 0 Å². The molecule has 0 spiro atoms. The van der Waals surface area contributed by atoms with Gasteiger partial charge in [-0.05, 0) is 35.9 Å². The highest BCUT2D eigenvalue weighted by Gasteiger charge is 2.26. The molecule has 2 aromatic rings. The first kappa shape index (κ1) is 18.8. The zero-order chi connectivity index (χ0) is 18.6. The van der Waals surface area contributed by atoms with Crippen LogP contribution in [0.2, 0.25) is 5.02 Å². The molecule has 1 heterocycles. The molecule has 7 heteroatoms. The molecule has 0 amide bonds. The highest BCUT2D eigenvalue weighted by atomic mass is 35.5. The SMILES string of the molecule is COc1ccccc1N1CCN(S(=O)(=O)/C=C/c2ccc(Cl)cc2)CC1. The van der Waals surface area contributed by atoms with E-state index in [1.54, 1.807) is 37.5 Å². The summed E-state index contributed by atoms with van der Waals surface area (Å²) in [5.41, 5.74) is 1.79. The van der Waals surface area contributed by atoms with Crippen LogP contribution in [0.4, 0.5) is 5.69 Å². The highest BCUT2D eigenvalue weighted by molar-refractivity contribution is 7.92. The smallest absolute Gasteiger partial charge is 0.236 e. The van der Waals surface area contributed by atoms with Crippen LogP contribution < -0.4 is 9.64 Å². The number of sulfonamides is 1. The van der Waals surface area contributed by atoms with Gasteiger partial charge < -0.3 is 9.64 Å². The zero-order valence-corrected chi connectivity index (χ0v) is 16.1. The number of piperazine rings is 1. The van der Waals surface area contributed by atoms with Gasteiger partial charge in [0.25, 0.3) is 0 Å². The van der Waals surface area contributed by atoms with Crippen molar-refractivity contribution >= 4 is 33.4 Å². The Morgan fingerprint density at radius 1 is 1.00 bits per heavy atom. The molecule has 0 unspecified atom stereocenters. The van der Waals surface area contributed by atoms with Crippen molar-refractivity contribution in [3.63, 3.8) is 0 Å². The lowest BCUT2D eigenvalue weighted by Crippen LogP contribution is -2.48. The van der Waals surface area contributed by atoms with Gasteiger partial charge in [-0.3, -0.25) is 0 Å². The number of halogens is 1. The van der Waals surface area contributed by atoms with E-state index < -0.39 is 10.0 Å². The van der Waals surface area contributed by atoms with Crippen molar-refractivity contribution in [1.29, 1.82) is 0 Å².